The van der Waals surface area contributed by atoms with Gasteiger partial charge < -0.3 is 13.7 Å². The van der Waals surface area contributed by atoms with E-state index in [4.69, 9.17) is 13.8 Å². The molecule has 10 aromatic rings. The first-order valence-electron chi connectivity index (χ1n) is 16.5. The van der Waals surface area contributed by atoms with Crippen molar-refractivity contribution in [3.63, 3.8) is 0 Å². The predicted octanol–water partition coefficient (Wildman–Crippen LogP) is 12.8. The normalized spacial score (nSPS) is 11.7. The second-order valence-corrected chi connectivity index (χ2v) is 12.4. The molecule has 0 aliphatic rings. The Morgan fingerprint density at radius 1 is 0.408 bits per heavy atom. The van der Waals surface area contributed by atoms with Crippen molar-refractivity contribution in [1.82, 2.24) is 4.98 Å². The molecule has 0 N–H and O–H groups in total. The molecule has 0 saturated carbocycles. The molecule has 0 aliphatic carbocycles. The van der Waals surface area contributed by atoms with Crippen molar-refractivity contribution in [1.29, 1.82) is 0 Å². The van der Waals surface area contributed by atoms with Gasteiger partial charge in [0.15, 0.2) is 5.58 Å². The molecule has 10 rings (SSSR count). The molecule has 8 aromatic carbocycles. The number of furan rings is 1. The smallest absolute Gasteiger partial charge is 0.227 e. The van der Waals surface area contributed by atoms with E-state index in [1.807, 2.05) is 42.5 Å². The lowest BCUT2D eigenvalue weighted by Crippen LogP contribution is -2.10. The van der Waals surface area contributed by atoms with Gasteiger partial charge in [0.05, 0.1) is 11.1 Å². The zero-order valence-electron chi connectivity index (χ0n) is 26.4. The molecule has 4 nitrogen and oxygen atoms in total. The highest BCUT2D eigenvalue weighted by molar-refractivity contribution is 6.16. The molecule has 2 heterocycles. The summed E-state index contributed by atoms with van der Waals surface area (Å²) >= 11 is 0. The van der Waals surface area contributed by atoms with Gasteiger partial charge in [-0.3, -0.25) is 0 Å². The van der Waals surface area contributed by atoms with E-state index in [1.54, 1.807) is 0 Å². The summed E-state index contributed by atoms with van der Waals surface area (Å²) in [4.78, 5) is 7.24. The van der Waals surface area contributed by atoms with Crippen LogP contribution in [0, 0.1) is 0 Å². The molecule has 2 aromatic heterocycles. The Balaban J connectivity index is 1.21. The molecule has 0 bridgehead atoms. The Morgan fingerprint density at radius 3 is 2.00 bits per heavy atom. The third-order valence-electron chi connectivity index (χ3n) is 9.44. The Labute approximate surface area is 282 Å². The Morgan fingerprint density at radius 2 is 1.12 bits per heavy atom. The molecule has 0 unspecified atom stereocenters. The summed E-state index contributed by atoms with van der Waals surface area (Å²) in [6.45, 7) is 0. The van der Waals surface area contributed by atoms with Crippen LogP contribution in [0.3, 0.4) is 0 Å². The molecule has 230 valence electrons. The van der Waals surface area contributed by atoms with E-state index >= 15 is 0 Å². The quantitative estimate of drug-likeness (QED) is 0.178. The lowest BCUT2D eigenvalue weighted by molar-refractivity contribution is 0.617. The summed E-state index contributed by atoms with van der Waals surface area (Å²) < 4.78 is 12.8. The maximum atomic E-state index is 6.54. The van der Waals surface area contributed by atoms with Gasteiger partial charge in [-0.25, -0.2) is 4.98 Å². The number of aromatic nitrogens is 1. The summed E-state index contributed by atoms with van der Waals surface area (Å²) in [5.74, 6) is 0.593. The van der Waals surface area contributed by atoms with Crippen LogP contribution in [-0.4, -0.2) is 4.98 Å². The molecule has 4 heteroatoms. The third-order valence-corrected chi connectivity index (χ3v) is 9.44. The van der Waals surface area contributed by atoms with Gasteiger partial charge in [0, 0.05) is 28.4 Å². The summed E-state index contributed by atoms with van der Waals surface area (Å²) in [6, 6.07) is 59.4. The SMILES string of the molecule is c1ccc(-c2cccc(N(c3ccc4c(ccc5ccccc54)c3)c3cccc4oc5cc6oc(-c7ccccc7)nc6cc5c34)c2)cc1. The van der Waals surface area contributed by atoms with Gasteiger partial charge in [0.25, 0.3) is 0 Å². The van der Waals surface area contributed by atoms with Gasteiger partial charge in [-0.1, -0.05) is 109 Å². The Kier molecular flexibility index (Phi) is 6.15. The minimum atomic E-state index is 0.593. The van der Waals surface area contributed by atoms with Crippen molar-refractivity contribution in [3.8, 4) is 22.6 Å². The zero-order valence-corrected chi connectivity index (χ0v) is 26.4. The van der Waals surface area contributed by atoms with E-state index in [0.29, 0.717) is 11.5 Å². The van der Waals surface area contributed by atoms with Crippen LogP contribution >= 0.6 is 0 Å². The minimum Gasteiger partial charge on any atom is -0.456 e. The lowest BCUT2D eigenvalue weighted by atomic mass is 10.00. The van der Waals surface area contributed by atoms with Crippen molar-refractivity contribution < 1.29 is 8.83 Å². The molecule has 0 saturated heterocycles. The van der Waals surface area contributed by atoms with Crippen LogP contribution in [0.25, 0.3) is 77.2 Å². The number of benzene rings is 8. The van der Waals surface area contributed by atoms with E-state index in [0.717, 1.165) is 55.6 Å². The number of nitrogens with zero attached hydrogens (tertiary/aromatic N) is 2. The highest BCUT2D eigenvalue weighted by Crippen LogP contribution is 2.45. The second-order valence-electron chi connectivity index (χ2n) is 12.4. The number of hydrogen-bond acceptors (Lipinski definition) is 4. The molecule has 0 atom stereocenters. The van der Waals surface area contributed by atoms with Crippen LogP contribution in [0.4, 0.5) is 17.1 Å². The molecule has 0 amide bonds. The average molecular weight is 629 g/mol. The van der Waals surface area contributed by atoms with Crippen molar-refractivity contribution in [2.45, 2.75) is 0 Å². The van der Waals surface area contributed by atoms with Gasteiger partial charge in [-0.2, -0.15) is 0 Å². The second kappa shape index (κ2) is 11.0. The fraction of sp³-hybridized carbons (Fsp3) is 0. The molecule has 0 fully saturated rings. The molecule has 0 aliphatic heterocycles. The van der Waals surface area contributed by atoms with E-state index in [-0.39, 0.29) is 0 Å². The zero-order chi connectivity index (χ0) is 32.3. The Hall–Kier alpha value is -6.65. The molecular weight excluding hydrogens is 601 g/mol. The van der Waals surface area contributed by atoms with Crippen molar-refractivity contribution >= 4 is 71.6 Å². The van der Waals surface area contributed by atoms with Gasteiger partial charge in [-0.15, -0.1) is 0 Å². The van der Waals surface area contributed by atoms with E-state index in [1.165, 1.54) is 27.1 Å². The summed E-state index contributed by atoms with van der Waals surface area (Å²) in [7, 11) is 0. The minimum absolute atomic E-state index is 0.593. The van der Waals surface area contributed by atoms with Gasteiger partial charge in [-0.05, 0) is 87.3 Å². The van der Waals surface area contributed by atoms with Crippen LogP contribution < -0.4 is 4.90 Å². The highest BCUT2D eigenvalue weighted by atomic mass is 16.4. The van der Waals surface area contributed by atoms with Crippen molar-refractivity contribution in [2.75, 3.05) is 4.90 Å². The van der Waals surface area contributed by atoms with Gasteiger partial charge in [0.2, 0.25) is 5.89 Å². The van der Waals surface area contributed by atoms with Crippen LogP contribution in [0.2, 0.25) is 0 Å². The molecule has 0 radical (unpaired) electrons. The standard InChI is InChI=1S/C45H28N2O2/c1-3-11-29(12-4-1)32-16-9-17-34(25-32)47(35-23-24-37-33(26-35)22-21-30-13-7-8-18-36(30)37)40-19-10-20-41-44(40)38-27-39-43(28-42(38)48-41)49-45(46-39)31-14-5-2-6-15-31/h1-28H. The van der Waals surface area contributed by atoms with E-state index in [9.17, 15) is 0 Å². The first-order chi connectivity index (χ1) is 24.3. The van der Waals surface area contributed by atoms with Crippen LogP contribution in [0.5, 0.6) is 0 Å². The van der Waals surface area contributed by atoms with Crippen LogP contribution in [0.1, 0.15) is 0 Å². The van der Waals surface area contributed by atoms with Crippen molar-refractivity contribution in [3.05, 3.63) is 170 Å². The van der Waals surface area contributed by atoms with E-state index < -0.39 is 0 Å². The molecule has 0 spiro atoms. The monoisotopic (exact) mass is 628 g/mol. The molecular formula is C45H28N2O2. The lowest BCUT2D eigenvalue weighted by Gasteiger charge is -2.27. The predicted molar refractivity (Wildman–Crippen MR) is 202 cm³/mol. The largest absolute Gasteiger partial charge is 0.456 e. The van der Waals surface area contributed by atoms with Crippen LogP contribution in [-0.2, 0) is 0 Å². The topological polar surface area (TPSA) is 42.4 Å². The fourth-order valence-corrected chi connectivity index (χ4v) is 7.14. The highest BCUT2D eigenvalue weighted by Gasteiger charge is 2.22. The number of anilines is 3. The van der Waals surface area contributed by atoms with Crippen molar-refractivity contribution in [2.24, 2.45) is 0 Å². The number of oxazole rings is 1. The maximum Gasteiger partial charge on any atom is 0.227 e. The maximum absolute atomic E-state index is 6.54. The first kappa shape index (κ1) is 27.5. The number of hydrogen-bond donors (Lipinski definition) is 0. The van der Waals surface area contributed by atoms with E-state index in [2.05, 4.69) is 132 Å². The average Bonchev–Trinajstić information content (AvgIpc) is 3.75. The molecule has 49 heavy (non-hydrogen) atoms. The third kappa shape index (κ3) is 4.57. The summed E-state index contributed by atoms with van der Waals surface area (Å²) in [6.07, 6.45) is 0. The fourth-order valence-electron chi connectivity index (χ4n) is 7.14. The van der Waals surface area contributed by atoms with Crippen LogP contribution in [0.15, 0.2) is 179 Å². The summed E-state index contributed by atoms with van der Waals surface area (Å²) in [5, 5.41) is 6.91. The van der Waals surface area contributed by atoms with Gasteiger partial charge in [0.1, 0.15) is 16.7 Å². The number of fused-ring (bicyclic) bond motifs is 7. The Bertz CT molecular complexity index is 2830. The number of rotatable bonds is 5. The summed E-state index contributed by atoms with van der Waals surface area (Å²) in [5.41, 5.74) is 9.44. The van der Waals surface area contributed by atoms with Gasteiger partial charge >= 0.3 is 0 Å². The first-order valence-corrected chi connectivity index (χ1v) is 16.5.